The van der Waals surface area contributed by atoms with Crippen molar-refractivity contribution in [1.82, 2.24) is 0 Å². The van der Waals surface area contributed by atoms with Crippen LogP contribution >= 0.6 is 0 Å². The summed E-state index contributed by atoms with van der Waals surface area (Å²) in [7, 11) is 0. The molecule has 166 valence electrons. The van der Waals surface area contributed by atoms with Crippen LogP contribution in [-0.2, 0) is 11.2 Å². The molecule has 0 unspecified atom stereocenters. The van der Waals surface area contributed by atoms with E-state index in [-0.39, 0.29) is 18.2 Å². The molecule has 0 aliphatic rings. The number of amides is 2. The van der Waals surface area contributed by atoms with E-state index in [9.17, 15) is 9.59 Å². The molecule has 0 bridgehead atoms. The highest BCUT2D eigenvalue weighted by Gasteiger charge is 2.17. The van der Waals surface area contributed by atoms with Crippen LogP contribution in [0.25, 0.3) is 0 Å². The first kappa shape index (κ1) is 22.9. The predicted octanol–water partition coefficient (Wildman–Crippen LogP) is 5.23. The van der Waals surface area contributed by atoms with Crippen LogP contribution < -0.4 is 20.1 Å². The van der Waals surface area contributed by atoms with Crippen molar-refractivity contribution in [3.8, 4) is 11.5 Å². The summed E-state index contributed by atoms with van der Waals surface area (Å²) in [5.41, 5.74) is 3.51. The third-order valence-corrected chi connectivity index (χ3v) is 4.85. The van der Waals surface area contributed by atoms with Crippen LogP contribution in [0.1, 0.15) is 35.3 Å². The van der Waals surface area contributed by atoms with Crippen molar-refractivity contribution in [1.29, 1.82) is 0 Å². The summed E-state index contributed by atoms with van der Waals surface area (Å²) >= 11 is 0. The average Bonchev–Trinajstić information content (AvgIpc) is 2.79. The van der Waals surface area contributed by atoms with Crippen molar-refractivity contribution in [2.24, 2.45) is 0 Å². The Balaban J connectivity index is 1.87. The summed E-state index contributed by atoms with van der Waals surface area (Å²) < 4.78 is 11.5. The summed E-state index contributed by atoms with van der Waals surface area (Å²) in [4.78, 5) is 25.4. The molecule has 0 atom stereocenters. The molecular weight excluding hydrogens is 404 g/mol. The van der Waals surface area contributed by atoms with Gasteiger partial charge in [0.05, 0.1) is 31.0 Å². The Morgan fingerprint density at radius 1 is 0.781 bits per heavy atom. The molecule has 0 fully saturated rings. The SMILES string of the molecule is CCOc1cc(NC(=O)c2ccccc2)c(OCC)cc1NC(=O)Cc1ccccc1C. The van der Waals surface area contributed by atoms with Crippen LogP contribution in [0.3, 0.4) is 0 Å². The molecule has 0 radical (unpaired) electrons. The molecular formula is C26H28N2O4. The number of nitrogens with one attached hydrogen (secondary N) is 2. The van der Waals surface area contributed by atoms with Gasteiger partial charge in [0.15, 0.2) is 0 Å². The van der Waals surface area contributed by atoms with Crippen molar-refractivity contribution in [3.63, 3.8) is 0 Å². The molecule has 2 amide bonds. The molecule has 3 rings (SSSR count). The lowest BCUT2D eigenvalue weighted by Crippen LogP contribution is -2.17. The third-order valence-electron chi connectivity index (χ3n) is 4.85. The van der Waals surface area contributed by atoms with E-state index in [0.29, 0.717) is 41.7 Å². The Hall–Kier alpha value is -3.80. The van der Waals surface area contributed by atoms with Crippen molar-refractivity contribution in [3.05, 3.63) is 83.4 Å². The first-order valence-electron chi connectivity index (χ1n) is 10.7. The van der Waals surface area contributed by atoms with Crippen LogP contribution in [0.4, 0.5) is 11.4 Å². The Morgan fingerprint density at radius 2 is 1.34 bits per heavy atom. The zero-order valence-electron chi connectivity index (χ0n) is 18.6. The first-order chi connectivity index (χ1) is 15.5. The number of carbonyl (C=O) groups is 2. The number of hydrogen-bond acceptors (Lipinski definition) is 4. The fourth-order valence-electron chi connectivity index (χ4n) is 3.26. The topological polar surface area (TPSA) is 76.7 Å². The van der Waals surface area contributed by atoms with Gasteiger partial charge in [0.25, 0.3) is 5.91 Å². The van der Waals surface area contributed by atoms with Crippen molar-refractivity contribution in [2.75, 3.05) is 23.8 Å². The number of aryl methyl sites for hydroxylation is 1. The minimum Gasteiger partial charge on any atom is -0.492 e. The maximum atomic E-state index is 12.7. The monoisotopic (exact) mass is 432 g/mol. The van der Waals surface area contributed by atoms with Gasteiger partial charge in [-0.3, -0.25) is 9.59 Å². The van der Waals surface area contributed by atoms with Gasteiger partial charge in [-0.15, -0.1) is 0 Å². The van der Waals surface area contributed by atoms with E-state index < -0.39 is 0 Å². The molecule has 0 heterocycles. The van der Waals surface area contributed by atoms with E-state index >= 15 is 0 Å². The summed E-state index contributed by atoms with van der Waals surface area (Å²) in [5.74, 6) is 0.484. The maximum Gasteiger partial charge on any atom is 0.255 e. The Morgan fingerprint density at radius 3 is 1.94 bits per heavy atom. The highest BCUT2D eigenvalue weighted by atomic mass is 16.5. The van der Waals surface area contributed by atoms with E-state index in [1.54, 1.807) is 36.4 Å². The van der Waals surface area contributed by atoms with Gasteiger partial charge in [0.1, 0.15) is 11.5 Å². The van der Waals surface area contributed by atoms with Crippen LogP contribution in [0.5, 0.6) is 11.5 Å². The fourth-order valence-corrected chi connectivity index (χ4v) is 3.26. The number of ether oxygens (including phenoxy) is 2. The minimum absolute atomic E-state index is 0.163. The van der Waals surface area contributed by atoms with Gasteiger partial charge in [-0.05, 0) is 44.0 Å². The summed E-state index contributed by atoms with van der Waals surface area (Å²) in [6, 6.07) is 20.1. The molecule has 2 N–H and O–H groups in total. The third kappa shape index (κ3) is 5.88. The van der Waals surface area contributed by atoms with E-state index in [2.05, 4.69) is 10.6 Å². The zero-order valence-corrected chi connectivity index (χ0v) is 18.6. The number of rotatable bonds is 9. The average molecular weight is 433 g/mol. The highest BCUT2D eigenvalue weighted by molar-refractivity contribution is 6.05. The van der Waals surface area contributed by atoms with Crippen molar-refractivity contribution >= 4 is 23.2 Å². The van der Waals surface area contributed by atoms with E-state index in [0.717, 1.165) is 11.1 Å². The normalized spacial score (nSPS) is 10.3. The van der Waals surface area contributed by atoms with E-state index in [1.165, 1.54) is 0 Å². The van der Waals surface area contributed by atoms with Gasteiger partial charge >= 0.3 is 0 Å². The lowest BCUT2D eigenvalue weighted by Gasteiger charge is -2.18. The van der Waals surface area contributed by atoms with Crippen LogP contribution in [0.2, 0.25) is 0 Å². The van der Waals surface area contributed by atoms with Gasteiger partial charge in [-0.2, -0.15) is 0 Å². The lowest BCUT2D eigenvalue weighted by molar-refractivity contribution is -0.115. The Bertz CT molecular complexity index is 1080. The Labute approximate surface area is 188 Å². The summed E-state index contributed by atoms with van der Waals surface area (Å²) in [6.07, 6.45) is 0.245. The fraction of sp³-hybridized carbons (Fsp3) is 0.231. The second-order valence-electron chi connectivity index (χ2n) is 7.18. The number of anilines is 2. The number of carbonyl (C=O) groups excluding carboxylic acids is 2. The highest BCUT2D eigenvalue weighted by Crippen LogP contribution is 2.37. The van der Waals surface area contributed by atoms with Crippen LogP contribution in [0, 0.1) is 6.92 Å². The molecule has 0 aromatic heterocycles. The first-order valence-corrected chi connectivity index (χ1v) is 10.7. The van der Waals surface area contributed by atoms with Crippen LogP contribution in [0.15, 0.2) is 66.7 Å². The summed E-state index contributed by atoms with van der Waals surface area (Å²) in [6.45, 7) is 6.50. The second kappa shape index (κ2) is 11.0. The minimum atomic E-state index is -0.259. The van der Waals surface area contributed by atoms with Gasteiger partial charge in [-0.25, -0.2) is 0 Å². The van der Waals surface area contributed by atoms with Gasteiger partial charge in [0, 0.05) is 17.7 Å². The van der Waals surface area contributed by atoms with Crippen molar-refractivity contribution in [2.45, 2.75) is 27.2 Å². The predicted molar refractivity (Wildman–Crippen MR) is 127 cm³/mol. The molecule has 32 heavy (non-hydrogen) atoms. The molecule has 3 aromatic rings. The van der Waals surface area contributed by atoms with E-state index in [1.807, 2.05) is 51.1 Å². The quantitative estimate of drug-likeness (QED) is 0.486. The van der Waals surface area contributed by atoms with Crippen molar-refractivity contribution < 1.29 is 19.1 Å². The summed E-state index contributed by atoms with van der Waals surface area (Å²) in [5, 5.41) is 5.81. The number of benzene rings is 3. The largest absolute Gasteiger partial charge is 0.492 e. The van der Waals surface area contributed by atoms with Gasteiger partial charge in [0.2, 0.25) is 5.91 Å². The maximum absolute atomic E-state index is 12.7. The Kier molecular flexibility index (Phi) is 7.86. The second-order valence-corrected chi connectivity index (χ2v) is 7.18. The van der Waals surface area contributed by atoms with Crippen LogP contribution in [-0.4, -0.2) is 25.0 Å². The molecule has 6 nitrogen and oxygen atoms in total. The van der Waals surface area contributed by atoms with E-state index in [4.69, 9.17) is 9.47 Å². The lowest BCUT2D eigenvalue weighted by atomic mass is 10.1. The smallest absolute Gasteiger partial charge is 0.255 e. The standard InChI is InChI=1S/C26H28N2O4/c1-4-31-23-17-22(28-26(30)19-12-7-6-8-13-19)24(32-5-2)16-21(23)27-25(29)15-20-14-10-9-11-18(20)3/h6-14,16-17H,4-5,15H2,1-3H3,(H,27,29)(H,28,30). The molecule has 0 saturated heterocycles. The van der Waals surface area contributed by atoms with Gasteiger partial charge in [-0.1, -0.05) is 42.5 Å². The molecule has 6 heteroatoms. The number of hydrogen-bond donors (Lipinski definition) is 2. The zero-order chi connectivity index (χ0) is 22.9. The molecule has 3 aromatic carbocycles. The molecule has 0 spiro atoms. The molecule has 0 aliphatic heterocycles. The molecule has 0 aliphatic carbocycles. The molecule has 0 saturated carbocycles. The van der Waals surface area contributed by atoms with Gasteiger partial charge < -0.3 is 20.1 Å².